The van der Waals surface area contributed by atoms with Crippen molar-refractivity contribution in [3.63, 3.8) is 0 Å². The van der Waals surface area contributed by atoms with Gasteiger partial charge in [-0.1, -0.05) is 24.3 Å². The molecule has 102 valence electrons. The summed E-state index contributed by atoms with van der Waals surface area (Å²) in [6, 6.07) is 5.45. The van der Waals surface area contributed by atoms with Crippen LogP contribution in [0.25, 0.3) is 0 Å². The fraction of sp³-hybridized carbons (Fsp3) is 0.333. The molecule has 1 aromatic carbocycles. The van der Waals surface area contributed by atoms with E-state index >= 15 is 0 Å². The zero-order valence-corrected chi connectivity index (χ0v) is 11.0. The van der Waals surface area contributed by atoms with E-state index in [2.05, 4.69) is 0 Å². The Kier molecular flexibility index (Phi) is 3.96. The van der Waals surface area contributed by atoms with E-state index in [-0.39, 0.29) is 10.6 Å². The Bertz CT molecular complexity index is 600. The second-order valence-corrected chi connectivity index (χ2v) is 6.08. The Hall–Kier alpha value is -1.73. The maximum absolute atomic E-state index is 12.5. The van der Waals surface area contributed by atoms with Crippen LogP contribution in [0.15, 0.2) is 41.3 Å². The molecule has 1 aliphatic heterocycles. The summed E-state index contributed by atoms with van der Waals surface area (Å²) in [5.74, 6) is 0. The lowest BCUT2D eigenvalue weighted by atomic mass is 10.3. The van der Waals surface area contributed by atoms with Crippen LogP contribution in [-0.4, -0.2) is 30.7 Å². The average Bonchev–Trinajstić information content (AvgIpc) is 2.68. The molecule has 0 N–H and O–H groups in total. The minimum absolute atomic E-state index is 0.234. The number of nitro benzene ring substituents is 1. The highest BCUT2D eigenvalue weighted by molar-refractivity contribution is 7.89. The minimum Gasteiger partial charge on any atom is -0.258 e. The zero-order valence-electron chi connectivity index (χ0n) is 10.2. The summed E-state index contributed by atoms with van der Waals surface area (Å²) in [5.41, 5.74) is -0.375. The number of benzene rings is 1. The van der Waals surface area contributed by atoms with Gasteiger partial charge in [-0.3, -0.25) is 10.1 Å². The summed E-state index contributed by atoms with van der Waals surface area (Å²) in [6.07, 6.45) is 5.10. The van der Waals surface area contributed by atoms with Gasteiger partial charge < -0.3 is 0 Å². The molecule has 1 aliphatic rings. The molecule has 0 saturated heterocycles. The molecule has 6 nitrogen and oxygen atoms in total. The van der Waals surface area contributed by atoms with E-state index in [0.717, 1.165) is 0 Å². The number of para-hydroxylation sites is 1. The van der Waals surface area contributed by atoms with Crippen molar-refractivity contribution in [1.82, 2.24) is 4.31 Å². The third-order valence-electron chi connectivity index (χ3n) is 2.94. The van der Waals surface area contributed by atoms with Crippen LogP contribution in [-0.2, 0) is 10.0 Å². The van der Waals surface area contributed by atoms with Crippen LogP contribution >= 0.6 is 0 Å². The van der Waals surface area contributed by atoms with Gasteiger partial charge in [0.1, 0.15) is 0 Å². The highest BCUT2D eigenvalue weighted by Gasteiger charge is 2.30. The van der Waals surface area contributed by atoms with Gasteiger partial charge in [-0.25, -0.2) is 8.42 Å². The number of rotatable bonds is 3. The quantitative estimate of drug-likeness (QED) is 0.482. The van der Waals surface area contributed by atoms with E-state index in [1.165, 1.54) is 28.6 Å². The van der Waals surface area contributed by atoms with Crippen molar-refractivity contribution >= 4 is 15.7 Å². The van der Waals surface area contributed by atoms with Crippen molar-refractivity contribution in [3.05, 3.63) is 46.5 Å². The van der Waals surface area contributed by atoms with Gasteiger partial charge in [0.2, 0.25) is 10.0 Å². The Morgan fingerprint density at radius 1 is 1.11 bits per heavy atom. The molecule has 0 amide bonds. The molecular weight excluding hydrogens is 268 g/mol. The molecule has 2 rings (SSSR count). The molecule has 1 aromatic rings. The minimum atomic E-state index is -3.81. The van der Waals surface area contributed by atoms with Crippen LogP contribution in [0, 0.1) is 10.1 Å². The zero-order chi connectivity index (χ0) is 13.9. The van der Waals surface area contributed by atoms with Gasteiger partial charge in [-0.15, -0.1) is 0 Å². The van der Waals surface area contributed by atoms with E-state index in [0.29, 0.717) is 25.9 Å². The first-order chi connectivity index (χ1) is 9.03. The predicted molar refractivity (Wildman–Crippen MR) is 70.2 cm³/mol. The van der Waals surface area contributed by atoms with Crippen LogP contribution in [0.1, 0.15) is 12.8 Å². The lowest BCUT2D eigenvalue weighted by Crippen LogP contribution is -2.32. The summed E-state index contributed by atoms with van der Waals surface area (Å²) in [5, 5.41) is 10.9. The molecule has 0 radical (unpaired) electrons. The fourth-order valence-corrected chi connectivity index (χ4v) is 3.62. The molecule has 0 atom stereocenters. The molecule has 0 aliphatic carbocycles. The normalized spacial score (nSPS) is 17.1. The van der Waals surface area contributed by atoms with Crippen LogP contribution in [0.3, 0.4) is 0 Å². The smallest absolute Gasteiger partial charge is 0.258 e. The van der Waals surface area contributed by atoms with Gasteiger partial charge in [-0.2, -0.15) is 4.31 Å². The first-order valence-corrected chi connectivity index (χ1v) is 7.36. The standard InChI is InChI=1S/C12H14N2O4S/c15-14(16)11-7-3-4-8-12(11)19(17,18)13-9-5-1-2-6-10-13/h1-4,7-8H,5-6,9-10H2. The summed E-state index contributed by atoms with van der Waals surface area (Å²) < 4.78 is 26.2. The van der Waals surface area contributed by atoms with Crippen LogP contribution < -0.4 is 0 Å². The third kappa shape index (κ3) is 2.82. The number of hydrogen-bond acceptors (Lipinski definition) is 4. The summed E-state index contributed by atoms with van der Waals surface area (Å²) >= 11 is 0. The molecule has 0 unspecified atom stereocenters. The monoisotopic (exact) mass is 282 g/mol. The number of hydrogen-bond donors (Lipinski definition) is 0. The largest absolute Gasteiger partial charge is 0.289 e. The topological polar surface area (TPSA) is 80.5 Å². The third-order valence-corrected chi connectivity index (χ3v) is 4.88. The van der Waals surface area contributed by atoms with Crippen molar-refractivity contribution in [1.29, 1.82) is 0 Å². The molecule has 1 heterocycles. The molecule has 19 heavy (non-hydrogen) atoms. The maximum Gasteiger partial charge on any atom is 0.289 e. The van der Waals surface area contributed by atoms with E-state index in [4.69, 9.17) is 0 Å². The van der Waals surface area contributed by atoms with Crippen molar-refractivity contribution in [2.24, 2.45) is 0 Å². The molecule has 0 aromatic heterocycles. The predicted octanol–water partition coefficient (Wildman–Crippen LogP) is 1.94. The van der Waals surface area contributed by atoms with Gasteiger partial charge in [0.05, 0.1) is 4.92 Å². The Labute approximate surface area is 111 Å². The molecular formula is C12H14N2O4S. The van der Waals surface area contributed by atoms with E-state index in [9.17, 15) is 18.5 Å². The summed E-state index contributed by atoms with van der Waals surface area (Å²) in [6.45, 7) is 0.704. The SMILES string of the molecule is O=[N+]([O-])c1ccccc1S(=O)(=O)N1CCC=CCC1. The Balaban J connectivity index is 2.42. The van der Waals surface area contributed by atoms with Crippen molar-refractivity contribution in [3.8, 4) is 0 Å². The first kappa shape index (κ1) is 13.7. The average molecular weight is 282 g/mol. The number of sulfonamides is 1. The summed E-state index contributed by atoms with van der Waals surface area (Å²) in [7, 11) is -3.81. The van der Waals surface area contributed by atoms with Crippen LogP contribution in [0.4, 0.5) is 5.69 Å². The molecule has 0 fully saturated rings. The second-order valence-electron chi connectivity index (χ2n) is 4.18. The second kappa shape index (κ2) is 5.50. The van der Waals surface area contributed by atoms with Crippen molar-refractivity contribution in [2.45, 2.75) is 17.7 Å². The van der Waals surface area contributed by atoms with Crippen molar-refractivity contribution in [2.75, 3.05) is 13.1 Å². The fourth-order valence-electron chi connectivity index (χ4n) is 1.99. The highest BCUT2D eigenvalue weighted by Crippen LogP contribution is 2.26. The van der Waals surface area contributed by atoms with E-state index in [1.807, 2.05) is 12.2 Å². The molecule has 0 saturated carbocycles. The Morgan fingerprint density at radius 2 is 1.68 bits per heavy atom. The van der Waals surface area contributed by atoms with E-state index < -0.39 is 14.9 Å². The lowest BCUT2D eigenvalue weighted by molar-refractivity contribution is -0.387. The highest BCUT2D eigenvalue weighted by atomic mass is 32.2. The number of nitro groups is 1. The van der Waals surface area contributed by atoms with Crippen molar-refractivity contribution < 1.29 is 13.3 Å². The summed E-state index contributed by atoms with van der Waals surface area (Å²) in [4.78, 5) is 10.0. The lowest BCUT2D eigenvalue weighted by Gasteiger charge is -2.19. The number of nitrogens with zero attached hydrogens (tertiary/aromatic N) is 2. The molecule has 0 spiro atoms. The molecule has 7 heteroatoms. The maximum atomic E-state index is 12.5. The Morgan fingerprint density at radius 3 is 2.26 bits per heavy atom. The van der Waals surface area contributed by atoms with E-state index in [1.54, 1.807) is 0 Å². The van der Waals surface area contributed by atoms with Gasteiger partial charge >= 0.3 is 0 Å². The van der Waals surface area contributed by atoms with Gasteiger partial charge in [0, 0.05) is 19.2 Å². The molecule has 0 bridgehead atoms. The van der Waals surface area contributed by atoms with Gasteiger partial charge in [0.15, 0.2) is 4.90 Å². The van der Waals surface area contributed by atoms with Crippen LogP contribution in [0.2, 0.25) is 0 Å². The van der Waals surface area contributed by atoms with Gasteiger partial charge in [0.25, 0.3) is 5.69 Å². The van der Waals surface area contributed by atoms with Gasteiger partial charge in [-0.05, 0) is 18.9 Å². The first-order valence-electron chi connectivity index (χ1n) is 5.92. The van der Waals surface area contributed by atoms with Crippen LogP contribution in [0.5, 0.6) is 0 Å².